The van der Waals surface area contributed by atoms with E-state index in [9.17, 15) is 0 Å². The van der Waals surface area contributed by atoms with Crippen LogP contribution < -0.4 is 5.73 Å². The zero-order chi connectivity index (χ0) is 41.4. The van der Waals surface area contributed by atoms with E-state index in [1.807, 2.05) is 69.2 Å². The van der Waals surface area contributed by atoms with E-state index < -0.39 is 0 Å². The highest BCUT2D eigenvalue weighted by atomic mass is 14.6. The molecule has 0 atom stereocenters. The molecule has 3 heterocycles. The van der Waals surface area contributed by atoms with E-state index in [1.165, 1.54) is 67.0 Å². The Kier molecular flexibility index (Phi) is 14.2. The second-order valence-corrected chi connectivity index (χ2v) is 13.3. The van der Waals surface area contributed by atoms with Crippen molar-refractivity contribution in [1.82, 2.24) is 15.0 Å². The fraction of sp³-hybridized carbons (Fsp3) is 0.0370. The van der Waals surface area contributed by atoms with E-state index in [1.54, 1.807) is 12.3 Å². The van der Waals surface area contributed by atoms with Gasteiger partial charge in [0.2, 0.25) is 0 Å². The summed E-state index contributed by atoms with van der Waals surface area (Å²) in [7, 11) is 0. The Bertz CT molecular complexity index is 2770. The van der Waals surface area contributed by atoms with Crippen molar-refractivity contribution in [3.05, 3.63) is 215 Å². The van der Waals surface area contributed by atoms with Crippen LogP contribution in [0, 0.1) is 0 Å². The fourth-order valence-electron chi connectivity index (χ4n) is 7.15. The Balaban J connectivity index is 0.000000397. The summed E-state index contributed by atoms with van der Waals surface area (Å²) in [5.41, 5.74) is 16.3. The number of hydrogen-bond acceptors (Lipinski definition) is 5. The van der Waals surface area contributed by atoms with Gasteiger partial charge in [-0.3, -0.25) is 19.9 Å². The van der Waals surface area contributed by atoms with Gasteiger partial charge in [0, 0.05) is 55.2 Å². The van der Waals surface area contributed by atoms with Gasteiger partial charge in [0.25, 0.3) is 0 Å². The lowest BCUT2D eigenvalue weighted by Gasteiger charge is -2.18. The molecule has 2 N–H and O–H groups in total. The van der Waals surface area contributed by atoms with Gasteiger partial charge >= 0.3 is 0 Å². The molecule has 0 saturated carbocycles. The smallest absolute Gasteiger partial charge is 0.0346 e. The van der Waals surface area contributed by atoms with E-state index in [4.69, 9.17) is 0 Å². The molecule has 0 aliphatic rings. The van der Waals surface area contributed by atoms with Crippen LogP contribution in [0.25, 0.3) is 88.0 Å². The molecule has 0 amide bonds. The summed E-state index contributed by atoms with van der Waals surface area (Å²) in [6, 6.07) is 46.3. The molecule has 0 unspecified atom stereocenters. The summed E-state index contributed by atoms with van der Waals surface area (Å²) in [5.74, 6) is 0. The molecule has 9 rings (SSSR count). The number of nitrogens with two attached hydrogens (primary N) is 1. The van der Waals surface area contributed by atoms with Crippen LogP contribution in [0.3, 0.4) is 0 Å². The fourth-order valence-corrected chi connectivity index (χ4v) is 7.15. The van der Waals surface area contributed by atoms with E-state index in [0.29, 0.717) is 0 Å². The third-order valence-electron chi connectivity index (χ3n) is 9.69. The molecular weight excluding hydrogens is 719 g/mol. The zero-order valence-electron chi connectivity index (χ0n) is 33.5. The molecule has 0 fully saturated rings. The lowest BCUT2D eigenvalue weighted by atomic mass is 9.86. The van der Waals surface area contributed by atoms with Crippen LogP contribution in [0.4, 0.5) is 0 Å². The minimum atomic E-state index is 1.12. The number of hydrogen-bond donors (Lipinski definition) is 1. The summed E-state index contributed by atoms with van der Waals surface area (Å²) in [6.45, 7) is 13.8. The van der Waals surface area contributed by atoms with Gasteiger partial charge in [-0.2, -0.15) is 0 Å². The predicted molar refractivity (Wildman–Crippen MR) is 254 cm³/mol. The van der Waals surface area contributed by atoms with Crippen molar-refractivity contribution >= 4 is 38.5 Å². The third-order valence-corrected chi connectivity index (χ3v) is 9.69. The van der Waals surface area contributed by atoms with Crippen LogP contribution in [-0.4, -0.2) is 21.2 Å². The van der Waals surface area contributed by atoms with Crippen LogP contribution >= 0.6 is 0 Å². The maximum atomic E-state index is 4.61. The van der Waals surface area contributed by atoms with E-state index in [2.05, 4.69) is 167 Å². The largest absolute Gasteiger partial charge is 0.405 e. The number of benzene rings is 6. The van der Waals surface area contributed by atoms with Crippen molar-refractivity contribution in [3.63, 3.8) is 0 Å². The molecule has 5 nitrogen and oxygen atoms in total. The molecule has 6 aromatic carbocycles. The summed E-state index contributed by atoms with van der Waals surface area (Å²) >= 11 is 0. The number of pyridine rings is 3. The minimum Gasteiger partial charge on any atom is -0.405 e. The van der Waals surface area contributed by atoms with Gasteiger partial charge in [-0.1, -0.05) is 111 Å². The molecule has 0 bridgehead atoms. The molecule has 0 radical (unpaired) electrons. The maximum Gasteiger partial charge on any atom is 0.0346 e. The van der Waals surface area contributed by atoms with Crippen molar-refractivity contribution < 1.29 is 0 Å². The maximum absolute atomic E-state index is 4.61. The molecule has 0 saturated heterocycles. The molecule has 0 aliphatic carbocycles. The monoisotopic (exact) mass is 765 g/mol. The summed E-state index contributed by atoms with van der Waals surface area (Å²) in [5, 5.41) is 7.63. The van der Waals surface area contributed by atoms with Crippen LogP contribution in [0.2, 0.25) is 0 Å². The van der Waals surface area contributed by atoms with Gasteiger partial charge in [0.05, 0.1) is 0 Å². The molecule has 59 heavy (non-hydrogen) atoms. The van der Waals surface area contributed by atoms with Crippen LogP contribution in [0.5, 0.6) is 0 Å². The second kappa shape index (κ2) is 20.4. The first kappa shape index (κ1) is 40.9. The molecule has 3 aromatic heterocycles. The predicted octanol–water partition coefficient (Wildman–Crippen LogP) is 14.2. The van der Waals surface area contributed by atoms with Gasteiger partial charge in [-0.25, -0.2) is 0 Å². The number of nitrogens with zero attached hydrogens (tertiary/aromatic N) is 4. The topological polar surface area (TPSA) is 77.0 Å². The highest BCUT2D eigenvalue weighted by molar-refractivity contribution is 6.27. The quantitative estimate of drug-likeness (QED) is 0.0996. The van der Waals surface area contributed by atoms with E-state index in [-0.39, 0.29) is 0 Å². The van der Waals surface area contributed by atoms with E-state index in [0.717, 1.165) is 33.4 Å². The van der Waals surface area contributed by atoms with Crippen molar-refractivity contribution in [2.75, 3.05) is 0 Å². The van der Waals surface area contributed by atoms with Crippen LogP contribution in [-0.2, 0) is 0 Å². The third kappa shape index (κ3) is 9.62. The van der Waals surface area contributed by atoms with Crippen LogP contribution in [0.1, 0.15) is 13.8 Å². The average Bonchev–Trinajstić information content (AvgIpc) is 3.30. The number of aromatic nitrogens is 3. The van der Waals surface area contributed by atoms with Gasteiger partial charge in [0.15, 0.2) is 0 Å². The summed E-state index contributed by atoms with van der Waals surface area (Å²) in [6.07, 6.45) is 21.2. The minimum absolute atomic E-state index is 1.12. The summed E-state index contributed by atoms with van der Waals surface area (Å²) in [4.78, 5) is 16.5. The normalized spacial score (nSPS) is 10.7. The Hall–Kier alpha value is -7.76. The number of aliphatic imine (C=N–C) groups is 1. The highest BCUT2D eigenvalue weighted by Crippen LogP contribution is 2.44. The summed E-state index contributed by atoms with van der Waals surface area (Å²) < 4.78 is 0. The van der Waals surface area contributed by atoms with Crippen LogP contribution in [0.15, 0.2) is 220 Å². The van der Waals surface area contributed by atoms with E-state index >= 15 is 0 Å². The first-order valence-corrected chi connectivity index (χ1v) is 19.4. The molecule has 9 aromatic rings. The van der Waals surface area contributed by atoms with Crippen molar-refractivity contribution in [2.45, 2.75) is 13.8 Å². The Labute approximate surface area is 347 Å². The second-order valence-electron chi connectivity index (χ2n) is 13.3. The van der Waals surface area contributed by atoms with Crippen molar-refractivity contribution in [1.29, 1.82) is 0 Å². The highest BCUT2D eigenvalue weighted by Gasteiger charge is 2.16. The van der Waals surface area contributed by atoms with Crippen molar-refractivity contribution in [2.24, 2.45) is 10.7 Å². The number of rotatable bonds is 7. The number of allylic oxidation sites excluding steroid dienone is 3. The first-order valence-electron chi connectivity index (χ1n) is 19.4. The Morgan fingerprint density at radius 1 is 0.492 bits per heavy atom. The molecule has 5 heteroatoms. The SMILES string of the molecule is C=C/C=C\C.C=CN.C=CN=CC.c1cncc(-c2cccc(-c3ccc4ccc5c(-c6cc(-c7ccncc7)cc(-c7ccncc7)c6)ccc6ccc3c4c65)c2)c1. The zero-order valence-corrected chi connectivity index (χ0v) is 33.5. The van der Waals surface area contributed by atoms with Gasteiger partial charge in [-0.05, 0) is 157 Å². The molecule has 0 spiro atoms. The molecule has 0 aliphatic heterocycles. The Morgan fingerprint density at radius 2 is 0.983 bits per heavy atom. The molecule has 288 valence electrons. The van der Waals surface area contributed by atoms with Gasteiger partial charge < -0.3 is 5.73 Å². The van der Waals surface area contributed by atoms with Crippen molar-refractivity contribution in [3.8, 4) is 55.6 Å². The lowest BCUT2D eigenvalue weighted by Crippen LogP contribution is -1.91. The Morgan fingerprint density at radius 3 is 1.44 bits per heavy atom. The first-order chi connectivity index (χ1) is 29.0. The standard InChI is InChI=1S/C43H27N3.C5H8.C4H7N.C2H5N/c1-3-32(34-5-2-18-46-27-34)23-33(4-1)38-10-6-30-9-13-41-39(11-7-31-8-12-40(38)42(30)43(31)41)37-25-35(28-14-19-44-20-15-28)24-36(26-37)29-16-21-45-22-17-29;2*1-3-5-4-2;1-2-3/h1-27H;3-5H,1H2,2H3;3-4H,1H2,2H3;2H,1,3H2/b;5-4-;;. The molecular formula is C54H47N5. The average molecular weight is 766 g/mol. The van der Waals surface area contributed by atoms with Gasteiger partial charge in [0.1, 0.15) is 0 Å². The van der Waals surface area contributed by atoms with Gasteiger partial charge in [-0.15, -0.1) is 0 Å². The lowest BCUT2D eigenvalue weighted by molar-refractivity contribution is 1.33.